The molecule has 0 aromatic heterocycles. The van der Waals surface area contributed by atoms with E-state index in [2.05, 4.69) is 4.72 Å². The fourth-order valence-corrected chi connectivity index (χ4v) is 3.59. The molecule has 20 heavy (non-hydrogen) atoms. The first-order valence-electron chi connectivity index (χ1n) is 6.16. The smallest absolute Gasteiger partial charge is 0.262 e. The molecule has 2 rings (SSSR count). The minimum absolute atomic E-state index is 0.252. The first-order valence-corrected chi connectivity index (χ1v) is 8.02. The molecule has 0 amide bonds. The summed E-state index contributed by atoms with van der Waals surface area (Å²) in [5.74, 6) is 0. The van der Waals surface area contributed by atoms with Gasteiger partial charge in [0.25, 0.3) is 10.0 Å². The van der Waals surface area contributed by atoms with Crippen LogP contribution in [0.2, 0.25) is 5.02 Å². The molecule has 0 aliphatic rings. The van der Waals surface area contributed by atoms with Crippen molar-refractivity contribution < 1.29 is 8.42 Å². The number of sulfonamides is 1. The molecule has 0 unspecified atom stereocenters. The lowest BCUT2D eigenvalue weighted by molar-refractivity contribution is 0.600. The molecule has 3 nitrogen and oxygen atoms in total. The Hall–Kier alpha value is -1.52. The summed E-state index contributed by atoms with van der Waals surface area (Å²) in [6, 6.07) is 10.5. The van der Waals surface area contributed by atoms with Gasteiger partial charge in [-0.1, -0.05) is 29.8 Å². The zero-order valence-electron chi connectivity index (χ0n) is 11.6. The number of hydrogen-bond acceptors (Lipinski definition) is 2. The Kier molecular flexibility index (Phi) is 4.06. The lowest BCUT2D eigenvalue weighted by atomic mass is 10.2. The number of anilines is 1. The monoisotopic (exact) mass is 309 g/mol. The van der Waals surface area contributed by atoms with Crippen LogP contribution in [-0.4, -0.2) is 8.42 Å². The summed E-state index contributed by atoms with van der Waals surface area (Å²) in [5.41, 5.74) is 2.82. The average molecular weight is 310 g/mol. The minimum Gasteiger partial charge on any atom is -0.279 e. The maximum Gasteiger partial charge on any atom is 0.262 e. The second-order valence-corrected chi connectivity index (χ2v) is 6.85. The fourth-order valence-electron chi connectivity index (χ4n) is 1.93. The second-order valence-electron chi connectivity index (χ2n) is 4.79. The topological polar surface area (TPSA) is 46.2 Å². The number of para-hydroxylation sites is 1. The number of aryl methyl sites for hydroxylation is 3. The molecule has 0 spiro atoms. The van der Waals surface area contributed by atoms with Crippen molar-refractivity contribution in [3.8, 4) is 0 Å². The highest BCUT2D eigenvalue weighted by atomic mass is 35.5. The van der Waals surface area contributed by atoms with Crippen LogP contribution in [0.25, 0.3) is 0 Å². The number of hydrogen-bond donors (Lipinski definition) is 1. The maximum atomic E-state index is 12.5. The number of nitrogens with one attached hydrogen (secondary N) is 1. The highest BCUT2D eigenvalue weighted by Crippen LogP contribution is 2.26. The molecule has 0 aliphatic heterocycles. The third-order valence-corrected chi connectivity index (χ3v) is 5.05. The molecule has 0 bridgehead atoms. The van der Waals surface area contributed by atoms with E-state index in [-0.39, 0.29) is 4.90 Å². The Bertz CT molecular complexity index is 754. The molecule has 0 saturated heterocycles. The van der Waals surface area contributed by atoms with Crippen LogP contribution in [0.5, 0.6) is 0 Å². The molecule has 0 heterocycles. The number of benzene rings is 2. The van der Waals surface area contributed by atoms with Crippen LogP contribution in [0, 0.1) is 20.8 Å². The van der Waals surface area contributed by atoms with Gasteiger partial charge >= 0.3 is 0 Å². The summed E-state index contributed by atoms with van der Waals surface area (Å²) in [6.45, 7) is 5.38. The molecular formula is C15H16ClNO2S. The van der Waals surface area contributed by atoms with E-state index in [1.54, 1.807) is 38.1 Å². The van der Waals surface area contributed by atoms with E-state index in [0.29, 0.717) is 16.3 Å². The van der Waals surface area contributed by atoms with Crippen molar-refractivity contribution >= 4 is 27.3 Å². The summed E-state index contributed by atoms with van der Waals surface area (Å²) in [4.78, 5) is 0.252. The third kappa shape index (κ3) is 2.97. The second kappa shape index (κ2) is 5.46. The van der Waals surface area contributed by atoms with Gasteiger partial charge in [0.05, 0.1) is 10.6 Å². The van der Waals surface area contributed by atoms with Crippen LogP contribution >= 0.6 is 11.6 Å². The Balaban J connectivity index is 2.47. The van der Waals surface area contributed by atoms with E-state index in [0.717, 1.165) is 11.1 Å². The molecule has 2 aromatic rings. The maximum absolute atomic E-state index is 12.5. The number of rotatable bonds is 3. The van der Waals surface area contributed by atoms with Crippen molar-refractivity contribution in [3.05, 3.63) is 58.1 Å². The Morgan fingerprint density at radius 2 is 1.60 bits per heavy atom. The highest BCUT2D eigenvalue weighted by molar-refractivity contribution is 7.92. The van der Waals surface area contributed by atoms with Gasteiger partial charge in [0.1, 0.15) is 0 Å². The highest BCUT2D eigenvalue weighted by Gasteiger charge is 2.18. The quantitative estimate of drug-likeness (QED) is 0.929. The summed E-state index contributed by atoms with van der Waals surface area (Å²) in [7, 11) is -3.61. The van der Waals surface area contributed by atoms with E-state index in [4.69, 9.17) is 11.6 Å². The van der Waals surface area contributed by atoms with Crippen LogP contribution in [0.15, 0.2) is 41.3 Å². The number of halogens is 1. The minimum atomic E-state index is -3.61. The Labute approximate surface area is 124 Å². The summed E-state index contributed by atoms with van der Waals surface area (Å²) < 4.78 is 27.6. The normalized spacial score (nSPS) is 11.4. The van der Waals surface area contributed by atoms with Crippen LogP contribution in [0.1, 0.15) is 16.7 Å². The van der Waals surface area contributed by atoms with Gasteiger partial charge in [-0.05, 0) is 55.7 Å². The van der Waals surface area contributed by atoms with Gasteiger partial charge < -0.3 is 0 Å². The van der Waals surface area contributed by atoms with Crippen molar-refractivity contribution in [3.63, 3.8) is 0 Å². The van der Waals surface area contributed by atoms with Crippen molar-refractivity contribution in [1.82, 2.24) is 0 Å². The molecule has 5 heteroatoms. The van der Waals surface area contributed by atoms with Crippen molar-refractivity contribution in [2.45, 2.75) is 25.7 Å². The molecule has 0 saturated carbocycles. The van der Waals surface area contributed by atoms with E-state index in [1.807, 2.05) is 19.1 Å². The van der Waals surface area contributed by atoms with Gasteiger partial charge in [-0.25, -0.2) is 8.42 Å². The molecule has 0 atom stereocenters. The van der Waals surface area contributed by atoms with Crippen LogP contribution < -0.4 is 4.72 Å². The largest absolute Gasteiger partial charge is 0.279 e. The first kappa shape index (κ1) is 14.9. The zero-order chi connectivity index (χ0) is 14.9. The third-order valence-electron chi connectivity index (χ3n) is 3.14. The van der Waals surface area contributed by atoms with Gasteiger partial charge in [0.15, 0.2) is 0 Å². The molecule has 0 aliphatic carbocycles. The molecule has 1 N–H and O–H groups in total. The SMILES string of the molecule is Cc1cc(S(=O)(=O)Nc2ccccc2C)c(C)cc1Cl. The molecule has 106 valence electrons. The van der Waals surface area contributed by atoms with Crippen molar-refractivity contribution in [2.75, 3.05) is 4.72 Å². The van der Waals surface area contributed by atoms with E-state index in [1.165, 1.54) is 0 Å². The van der Waals surface area contributed by atoms with Crippen LogP contribution in [0.3, 0.4) is 0 Å². The van der Waals surface area contributed by atoms with Gasteiger partial charge in [0, 0.05) is 5.02 Å². The van der Waals surface area contributed by atoms with Crippen LogP contribution in [-0.2, 0) is 10.0 Å². The Morgan fingerprint density at radius 1 is 0.950 bits per heavy atom. The van der Waals surface area contributed by atoms with Gasteiger partial charge in [-0.2, -0.15) is 0 Å². The van der Waals surface area contributed by atoms with Crippen molar-refractivity contribution in [2.24, 2.45) is 0 Å². The van der Waals surface area contributed by atoms with E-state index in [9.17, 15) is 8.42 Å². The predicted octanol–water partition coefficient (Wildman–Crippen LogP) is 4.07. The standard InChI is InChI=1S/C15H16ClNO2S/c1-10-6-4-5-7-14(10)17-20(18,19)15-9-11(2)13(16)8-12(15)3/h4-9,17H,1-3H3. The van der Waals surface area contributed by atoms with Gasteiger partial charge in [0.2, 0.25) is 0 Å². The van der Waals surface area contributed by atoms with Crippen LogP contribution in [0.4, 0.5) is 5.69 Å². The predicted molar refractivity (Wildman–Crippen MR) is 82.9 cm³/mol. The lowest BCUT2D eigenvalue weighted by Crippen LogP contribution is -2.15. The Morgan fingerprint density at radius 3 is 2.25 bits per heavy atom. The molecule has 0 fully saturated rings. The molecular weight excluding hydrogens is 294 g/mol. The first-order chi connectivity index (χ1) is 9.31. The summed E-state index contributed by atoms with van der Waals surface area (Å²) >= 11 is 6.01. The summed E-state index contributed by atoms with van der Waals surface area (Å²) in [5, 5.41) is 0.567. The van der Waals surface area contributed by atoms with E-state index >= 15 is 0 Å². The fraction of sp³-hybridized carbons (Fsp3) is 0.200. The van der Waals surface area contributed by atoms with Gasteiger partial charge in [-0.15, -0.1) is 0 Å². The lowest BCUT2D eigenvalue weighted by Gasteiger charge is -2.13. The molecule has 0 radical (unpaired) electrons. The molecule has 2 aromatic carbocycles. The average Bonchev–Trinajstić information content (AvgIpc) is 2.36. The summed E-state index contributed by atoms with van der Waals surface area (Å²) in [6.07, 6.45) is 0. The van der Waals surface area contributed by atoms with Crippen molar-refractivity contribution in [1.29, 1.82) is 0 Å². The van der Waals surface area contributed by atoms with E-state index < -0.39 is 10.0 Å². The van der Waals surface area contributed by atoms with Gasteiger partial charge in [-0.3, -0.25) is 4.72 Å². The zero-order valence-corrected chi connectivity index (χ0v) is 13.1.